The van der Waals surface area contributed by atoms with Gasteiger partial charge in [0.15, 0.2) is 0 Å². The Morgan fingerprint density at radius 1 is 1.53 bits per heavy atom. The van der Waals surface area contributed by atoms with Gasteiger partial charge in [-0.25, -0.2) is 4.79 Å². The van der Waals surface area contributed by atoms with Crippen LogP contribution in [0.25, 0.3) is 17.0 Å². The lowest BCUT2D eigenvalue weighted by atomic mass is 10.1. The van der Waals surface area contributed by atoms with E-state index in [1.165, 1.54) is 0 Å². The highest BCUT2D eigenvalue weighted by Gasteiger charge is 1.99. The first-order chi connectivity index (χ1) is 7.16. The third kappa shape index (κ3) is 1.88. The Morgan fingerprint density at radius 2 is 2.33 bits per heavy atom. The van der Waals surface area contributed by atoms with Crippen molar-refractivity contribution in [3.63, 3.8) is 0 Å². The van der Waals surface area contributed by atoms with Crippen molar-refractivity contribution in [3.05, 3.63) is 36.0 Å². The van der Waals surface area contributed by atoms with Gasteiger partial charge in [-0.3, -0.25) is 4.68 Å². The minimum absolute atomic E-state index is 0.855. The molecule has 0 bridgehead atoms. The number of carbonyl (C=O) groups is 1. The molecule has 0 aliphatic rings. The van der Waals surface area contributed by atoms with Gasteiger partial charge in [0.05, 0.1) is 11.7 Å². The Kier molecular flexibility index (Phi) is 2.25. The molecule has 1 heterocycles. The maximum Gasteiger partial charge on any atom is 0.328 e. The van der Waals surface area contributed by atoms with Gasteiger partial charge < -0.3 is 5.11 Å². The molecule has 1 N–H and O–H groups in total. The highest BCUT2D eigenvalue weighted by molar-refractivity contribution is 5.87. The van der Waals surface area contributed by atoms with Crippen LogP contribution < -0.4 is 0 Å². The number of rotatable bonds is 2. The van der Waals surface area contributed by atoms with Crippen LogP contribution in [0.5, 0.6) is 0 Å². The van der Waals surface area contributed by atoms with E-state index in [9.17, 15) is 4.79 Å². The van der Waals surface area contributed by atoms with Crippen molar-refractivity contribution >= 4 is 22.9 Å². The molecule has 0 fully saturated rings. The zero-order chi connectivity index (χ0) is 10.8. The van der Waals surface area contributed by atoms with Gasteiger partial charge in [0.2, 0.25) is 0 Å². The van der Waals surface area contributed by atoms with Crippen LogP contribution >= 0.6 is 0 Å². The Morgan fingerprint density at radius 3 is 3.07 bits per heavy atom. The number of hydrogen-bond donors (Lipinski definition) is 1. The van der Waals surface area contributed by atoms with E-state index in [-0.39, 0.29) is 0 Å². The van der Waals surface area contributed by atoms with Gasteiger partial charge in [-0.1, -0.05) is 12.1 Å². The smallest absolute Gasteiger partial charge is 0.328 e. The standard InChI is InChI=1S/C11H10N2O2/c1-13-10-6-8(3-5-11(14)15)2-4-9(10)7-12-13/h2-7H,1H3,(H,14,15). The highest BCUT2D eigenvalue weighted by atomic mass is 16.4. The Bertz CT molecular complexity index is 541. The topological polar surface area (TPSA) is 55.1 Å². The molecule has 0 aliphatic heterocycles. The van der Waals surface area contributed by atoms with Crippen molar-refractivity contribution in [2.45, 2.75) is 0 Å². The van der Waals surface area contributed by atoms with Crippen LogP contribution in [0.3, 0.4) is 0 Å². The number of aryl methyl sites for hydroxylation is 1. The zero-order valence-electron chi connectivity index (χ0n) is 8.21. The maximum atomic E-state index is 10.3. The van der Waals surface area contributed by atoms with E-state index < -0.39 is 5.97 Å². The summed E-state index contributed by atoms with van der Waals surface area (Å²) in [5, 5.41) is 13.7. The number of hydrogen-bond acceptors (Lipinski definition) is 2. The quantitative estimate of drug-likeness (QED) is 0.753. The second-order valence-corrected chi connectivity index (χ2v) is 3.26. The number of fused-ring (bicyclic) bond motifs is 1. The molecule has 2 aromatic rings. The molecule has 4 heteroatoms. The minimum Gasteiger partial charge on any atom is -0.478 e. The zero-order valence-corrected chi connectivity index (χ0v) is 8.21. The molecule has 76 valence electrons. The molecular formula is C11H10N2O2. The molecule has 0 radical (unpaired) electrons. The van der Waals surface area contributed by atoms with Gasteiger partial charge in [0, 0.05) is 18.5 Å². The fraction of sp³-hybridized carbons (Fsp3) is 0.0909. The third-order valence-corrected chi connectivity index (χ3v) is 2.19. The second-order valence-electron chi connectivity index (χ2n) is 3.26. The second kappa shape index (κ2) is 3.57. The molecule has 0 saturated heterocycles. The van der Waals surface area contributed by atoms with Crippen molar-refractivity contribution in [2.24, 2.45) is 7.05 Å². The van der Waals surface area contributed by atoms with E-state index in [0.717, 1.165) is 22.5 Å². The van der Waals surface area contributed by atoms with E-state index >= 15 is 0 Å². The molecule has 2 rings (SSSR count). The summed E-state index contributed by atoms with van der Waals surface area (Å²) < 4.78 is 1.76. The molecular weight excluding hydrogens is 192 g/mol. The van der Waals surface area contributed by atoms with Gasteiger partial charge in [0.25, 0.3) is 0 Å². The molecule has 1 aromatic carbocycles. The molecule has 0 amide bonds. The molecule has 0 saturated carbocycles. The van der Waals surface area contributed by atoms with Gasteiger partial charge in [-0.2, -0.15) is 5.10 Å². The SMILES string of the molecule is Cn1ncc2ccc(C=CC(=O)O)cc21. The minimum atomic E-state index is -0.944. The summed E-state index contributed by atoms with van der Waals surface area (Å²) in [6.45, 7) is 0. The largest absolute Gasteiger partial charge is 0.478 e. The van der Waals surface area contributed by atoms with E-state index in [1.54, 1.807) is 17.0 Å². The van der Waals surface area contributed by atoms with Crippen LogP contribution in [0, 0.1) is 0 Å². The third-order valence-electron chi connectivity index (χ3n) is 2.19. The summed E-state index contributed by atoms with van der Waals surface area (Å²) >= 11 is 0. The van der Waals surface area contributed by atoms with E-state index in [4.69, 9.17) is 5.11 Å². The molecule has 4 nitrogen and oxygen atoms in total. The summed E-state index contributed by atoms with van der Waals surface area (Å²) in [5.41, 5.74) is 1.84. The van der Waals surface area contributed by atoms with Crippen molar-refractivity contribution in [3.8, 4) is 0 Å². The van der Waals surface area contributed by atoms with Crippen molar-refractivity contribution in [1.29, 1.82) is 0 Å². The number of nitrogens with zero attached hydrogens (tertiary/aromatic N) is 2. The molecule has 0 aliphatic carbocycles. The lowest BCUT2D eigenvalue weighted by molar-refractivity contribution is -0.131. The summed E-state index contributed by atoms with van der Waals surface area (Å²) in [7, 11) is 1.85. The lowest BCUT2D eigenvalue weighted by Gasteiger charge is -1.96. The first kappa shape index (κ1) is 9.45. The van der Waals surface area contributed by atoms with Gasteiger partial charge in [0.1, 0.15) is 0 Å². The first-order valence-electron chi connectivity index (χ1n) is 4.49. The summed E-state index contributed by atoms with van der Waals surface area (Å²) in [5.74, 6) is -0.944. The van der Waals surface area contributed by atoms with Crippen LogP contribution in [-0.2, 0) is 11.8 Å². The van der Waals surface area contributed by atoms with Crippen LogP contribution in [-0.4, -0.2) is 20.9 Å². The van der Waals surface area contributed by atoms with Crippen molar-refractivity contribution in [1.82, 2.24) is 9.78 Å². The monoisotopic (exact) mass is 202 g/mol. The molecule has 1 aromatic heterocycles. The number of benzene rings is 1. The van der Waals surface area contributed by atoms with Crippen LogP contribution in [0.15, 0.2) is 30.5 Å². The lowest BCUT2D eigenvalue weighted by Crippen LogP contribution is -1.89. The Hall–Kier alpha value is -2.10. The van der Waals surface area contributed by atoms with Gasteiger partial charge in [-0.15, -0.1) is 0 Å². The molecule has 0 unspecified atom stereocenters. The number of carboxylic acid groups (broad SMARTS) is 1. The fourth-order valence-electron chi connectivity index (χ4n) is 1.43. The van der Waals surface area contributed by atoms with Crippen LogP contribution in [0.2, 0.25) is 0 Å². The fourth-order valence-corrected chi connectivity index (χ4v) is 1.43. The predicted molar refractivity (Wildman–Crippen MR) is 57.4 cm³/mol. The summed E-state index contributed by atoms with van der Waals surface area (Å²) in [4.78, 5) is 10.3. The van der Waals surface area contributed by atoms with Crippen LogP contribution in [0.4, 0.5) is 0 Å². The van der Waals surface area contributed by atoms with Crippen molar-refractivity contribution in [2.75, 3.05) is 0 Å². The molecule has 0 atom stereocenters. The van der Waals surface area contributed by atoms with E-state index in [2.05, 4.69) is 5.10 Å². The summed E-state index contributed by atoms with van der Waals surface area (Å²) in [6, 6.07) is 5.69. The van der Waals surface area contributed by atoms with E-state index in [1.807, 2.05) is 25.2 Å². The predicted octanol–water partition coefficient (Wildman–Crippen LogP) is 1.67. The van der Waals surface area contributed by atoms with Crippen molar-refractivity contribution < 1.29 is 9.90 Å². The van der Waals surface area contributed by atoms with Crippen LogP contribution in [0.1, 0.15) is 5.56 Å². The summed E-state index contributed by atoms with van der Waals surface area (Å²) in [6.07, 6.45) is 4.46. The number of carboxylic acids is 1. The maximum absolute atomic E-state index is 10.3. The number of aromatic nitrogens is 2. The first-order valence-corrected chi connectivity index (χ1v) is 4.49. The number of aliphatic carboxylic acids is 1. The van der Waals surface area contributed by atoms with Gasteiger partial charge in [-0.05, 0) is 17.7 Å². The average Bonchev–Trinajstić information content (AvgIpc) is 2.57. The molecule has 15 heavy (non-hydrogen) atoms. The normalized spacial score (nSPS) is 11.3. The average molecular weight is 202 g/mol. The van der Waals surface area contributed by atoms with E-state index in [0.29, 0.717) is 0 Å². The van der Waals surface area contributed by atoms with Gasteiger partial charge >= 0.3 is 5.97 Å². The Balaban J connectivity index is 2.46. The Labute approximate surface area is 86.4 Å². The molecule has 0 spiro atoms. The highest BCUT2D eigenvalue weighted by Crippen LogP contribution is 2.15.